The molecule has 0 spiro atoms. The molecule has 46 heavy (non-hydrogen) atoms. The van der Waals surface area contributed by atoms with Crippen LogP contribution < -0.4 is 14.8 Å². The number of hydrogen-bond donors (Lipinski definition) is 1. The number of nitrogens with zero attached hydrogens (tertiary/aromatic N) is 1. The van der Waals surface area contributed by atoms with E-state index in [1.165, 1.54) is 0 Å². The lowest BCUT2D eigenvalue weighted by Crippen LogP contribution is -2.44. The molecule has 2 aromatic rings. The summed E-state index contributed by atoms with van der Waals surface area (Å²) in [6, 6.07) is 9.43. The molecule has 2 aliphatic carbocycles. The number of anilines is 1. The van der Waals surface area contributed by atoms with Gasteiger partial charge in [0.25, 0.3) is 5.91 Å². The number of carbonyl (C=O) groups excluding carboxylic acids is 3. The number of allylic oxidation sites excluding steroid dienone is 4. The van der Waals surface area contributed by atoms with Gasteiger partial charge >= 0.3 is 0 Å². The lowest BCUT2D eigenvalue weighted by atomic mass is 9.63. The molecule has 8 heteroatoms. The molecule has 1 N–H and O–H groups in total. The zero-order chi connectivity index (χ0) is 33.6. The molecular formula is C38H47ClN2O5. The molecule has 0 unspecified atom stereocenters. The Labute approximate surface area is 278 Å². The van der Waals surface area contributed by atoms with Crippen LogP contribution in [0.3, 0.4) is 0 Å². The second-order valence-corrected chi connectivity index (χ2v) is 15.0. The average molecular weight is 647 g/mol. The number of amides is 1. The second-order valence-electron chi connectivity index (χ2n) is 14.6. The van der Waals surface area contributed by atoms with Crippen LogP contribution in [-0.2, 0) is 14.4 Å². The van der Waals surface area contributed by atoms with E-state index in [-0.39, 0.29) is 45.7 Å². The lowest BCUT2D eigenvalue weighted by Gasteiger charge is -2.49. The Morgan fingerprint density at radius 1 is 0.913 bits per heavy atom. The van der Waals surface area contributed by atoms with Crippen LogP contribution in [0.5, 0.6) is 11.5 Å². The number of nitrogens with one attached hydrogen (secondary N) is 1. The van der Waals surface area contributed by atoms with Crippen LogP contribution in [0.4, 0.5) is 5.69 Å². The summed E-state index contributed by atoms with van der Waals surface area (Å²) in [5, 5.41) is 3.16. The molecule has 0 saturated carbocycles. The Bertz CT molecular complexity index is 1600. The van der Waals surface area contributed by atoms with Crippen LogP contribution in [0.2, 0.25) is 5.02 Å². The molecule has 5 rings (SSSR count). The smallest absolute Gasteiger partial charge is 0.262 e. The van der Waals surface area contributed by atoms with E-state index in [0.717, 1.165) is 53.9 Å². The van der Waals surface area contributed by atoms with Crippen molar-refractivity contribution in [2.24, 2.45) is 10.8 Å². The Balaban J connectivity index is 1.57. The van der Waals surface area contributed by atoms with E-state index in [1.54, 1.807) is 6.07 Å². The number of ether oxygens (including phenoxy) is 2. The molecule has 1 heterocycles. The van der Waals surface area contributed by atoms with Crippen molar-refractivity contribution < 1.29 is 23.9 Å². The summed E-state index contributed by atoms with van der Waals surface area (Å²) in [7, 11) is 0. The molecule has 0 radical (unpaired) electrons. The quantitative estimate of drug-likeness (QED) is 0.294. The van der Waals surface area contributed by atoms with Crippen LogP contribution >= 0.6 is 11.6 Å². The van der Waals surface area contributed by atoms with Gasteiger partial charge in [-0.1, -0.05) is 63.9 Å². The van der Waals surface area contributed by atoms with Gasteiger partial charge < -0.3 is 19.7 Å². The maximum atomic E-state index is 14.1. The van der Waals surface area contributed by atoms with E-state index < -0.39 is 5.92 Å². The minimum absolute atomic E-state index is 0.0685. The molecule has 246 valence electrons. The highest BCUT2D eigenvalue weighted by Crippen LogP contribution is 2.55. The van der Waals surface area contributed by atoms with Crippen molar-refractivity contribution in [2.45, 2.75) is 93.4 Å². The summed E-state index contributed by atoms with van der Waals surface area (Å²) in [4.78, 5) is 43.3. The Hall–Kier alpha value is -3.58. The summed E-state index contributed by atoms with van der Waals surface area (Å²) in [6.45, 7) is 17.3. The van der Waals surface area contributed by atoms with Gasteiger partial charge in [0.15, 0.2) is 29.7 Å². The maximum Gasteiger partial charge on any atom is 0.262 e. The van der Waals surface area contributed by atoms with E-state index >= 15 is 0 Å². The van der Waals surface area contributed by atoms with Crippen molar-refractivity contribution in [1.82, 2.24) is 4.90 Å². The highest BCUT2D eigenvalue weighted by atomic mass is 35.5. The number of benzene rings is 2. The lowest BCUT2D eigenvalue weighted by molar-refractivity contribution is -0.120. The van der Waals surface area contributed by atoms with Gasteiger partial charge in [-0.2, -0.15) is 0 Å². The van der Waals surface area contributed by atoms with E-state index in [4.69, 9.17) is 21.1 Å². The fourth-order valence-electron chi connectivity index (χ4n) is 7.31. The summed E-state index contributed by atoms with van der Waals surface area (Å²) in [5.74, 6) is -0.117. The third-order valence-corrected chi connectivity index (χ3v) is 9.42. The van der Waals surface area contributed by atoms with Gasteiger partial charge in [0.1, 0.15) is 0 Å². The second kappa shape index (κ2) is 12.9. The fraction of sp³-hybridized carbons (Fsp3) is 0.500. The highest BCUT2D eigenvalue weighted by Gasteiger charge is 2.49. The number of carbonyl (C=O) groups is 3. The molecule has 0 fully saturated rings. The maximum absolute atomic E-state index is 14.1. The zero-order valence-corrected chi connectivity index (χ0v) is 29.2. The summed E-state index contributed by atoms with van der Waals surface area (Å²) >= 11 is 6.92. The number of rotatable bonds is 9. The summed E-state index contributed by atoms with van der Waals surface area (Å²) < 4.78 is 12.0. The predicted molar refractivity (Wildman–Crippen MR) is 182 cm³/mol. The number of hydrogen-bond acceptors (Lipinski definition) is 6. The zero-order valence-electron chi connectivity index (χ0n) is 28.5. The minimum atomic E-state index is -0.552. The summed E-state index contributed by atoms with van der Waals surface area (Å²) in [6.07, 6.45) is 3.21. The molecule has 1 aliphatic heterocycles. The molecule has 3 aliphatic rings. The molecule has 2 aromatic carbocycles. The molecule has 7 nitrogen and oxygen atoms in total. The summed E-state index contributed by atoms with van der Waals surface area (Å²) in [5.41, 5.74) is 6.55. The first kappa shape index (κ1) is 33.8. The fourth-order valence-corrected chi connectivity index (χ4v) is 7.58. The first-order valence-electron chi connectivity index (χ1n) is 16.4. The van der Waals surface area contributed by atoms with Crippen LogP contribution in [-0.4, -0.2) is 42.1 Å². The van der Waals surface area contributed by atoms with Gasteiger partial charge in [-0.3, -0.25) is 14.4 Å². The number of halogens is 1. The van der Waals surface area contributed by atoms with Crippen molar-refractivity contribution in [3.05, 3.63) is 74.6 Å². The Morgan fingerprint density at radius 3 is 2.07 bits per heavy atom. The SMILES string of the molecule is CCCN1C2=C(C(=O)CC(C)(C)C2)C(c2cc(Cl)c(OCC(=O)Nc3ccc(C)cc3C)c(OCC)c2)C2=C1CC(C)(C)CC2=O. The van der Waals surface area contributed by atoms with Gasteiger partial charge in [-0.25, -0.2) is 0 Å². The van der Waals surface area contributed by atoms with Gasteiger partial charge in [-0.05, 0) is 80.2 Å². The van der Waals surface area contributed by atoms with E-state index in [9.17, 15) is 14.4 Å². The minimum Gasteiger partial charge on any atom is -0.490 e. The molecule has 1 amide bonds. The first-order valence-corrected chi connectivity index (χ1v) is 16.8. The molecule has 0 saturated heterocycles. The van der Waals surface area contributed by atoms with Crippen LogP contribution in [0.1, 0.15) is 96.3 Å². The topological polar surface area (TPSA) is 84.9 Å². The monoisotopic (exact) mass is 646 g/mol. The average Bonchev–Trinajstić information content (AvgIpc) is 2.93. The number of Topliss-reactive ketones (excluding diaryl/α,β-unsaturated/α-hetero) is 2. The van der Waals surface area contributed by atoms with Crippen molar-refractivity contribution in [2.75, 3.05) is 25.1 Å². The van der Waals surface area contributed by atoms with Crippen LogP contribution in [0.25, 0.3) is 0 Å². The number of aryl methyl sites for hydroxylation is 2. The molecular weight excluding hydrogens is 600 g/mol. The van der Waals surface area contributed by atoms with Gasteiger partial charge in [0, 0.05) is 53.5 Å². The van der Waals surface area contributed by atoms with Gasteiger partial charge in [-0.15, -0.1) is 0 Å². The van der Waals surface area contributed by atoms with E-state index in [2.05, 4.69) is 44.8 Å². The van der Waals surface area contributed by atoms with E-state index in [1.807, 2.05) is 45.0 Å². The van der Waals surface area contributed by atoms with E-state index in [0.29, 0.717) is 42.0 Å². The first-order chi connectivity index (χ1) is 21.6. The van der Waals surface area contributed by atoms with Crippen molar-refractivity contribution in [3.63, 3.8) is 0 Å². The van der Waals surface area contributed by atoms with Crippen molar-refractivity contribution in [3.8, 4) is 11.5 Å². The molecule has 0 atom stereocenters. The number of ketones is 2. The Kier molecular flexibility index (Phi) is 9.47. The standard InChI is InChI=1S/C38H47ClN2O5/c1-9-13-41-27-17-37(5,6)19-29(42)34(27)33(35-28(41)18-38(7,8)20-30(35)43)24-15-25(39)36(31(16-24)45-10-2)46-21-32(44)40-26-12-11-22(3)14-23(26)4/h11-12,14-16,33H,9-10,13,17-21H2,1-8H3,(H,40,44). The van der Waals surface area contributed by atoms with Crippen LogP contribution in [0.15, 0.2) is 52.9 Å². The van der Waals surface area contributed by atoms with Crippen molar-refractivity contribution in [1.29, 1.82) is 0 Å². The van der Waals surface area contributed by atoms with Gasteiger partial charge in [0.05, 0.1) is 11.6 Å². The Morgan fingerprint density at radius 2 is 1.52 bits per heavy atom. The third kappa shape index (κ3) is 6.76. The predicted octanol–water partition coefficient (Wildman–Crippen LogP) is 8.47. The normalized spacial score (nSPS) is 19.2. The largest absolute Gasteiger partial charge is 0.490 e. The van der Waals surface area contributed by atoms with Gasteiger partial charge in [0.2, 0.25) is 0 Å². The third-order valence-electron chi connectivity index (χ3n) is 9.14. The van der Waals surface area contributed by atoms with Crippen molar-refractivity contribution >= 4 is 34.8 Å². The molecule has 0 bridgehead atoms. The van der Waals surface area contributed by atoms with Crippen LogP contribution in [0, 0.1) is 24.7 Å². The molecule has 0 aromatic heterocycles. The highest BCUT2D eigenvalue weighted by molar-refractivity contribution is 6.32.